The van der Waals surface area contributed by atoms with Crippen molar-refractivity contribution >= 4 is 0 Å². The number of phenolic OH excluding ortho intramolecular Hbond substituents is 2. The zero-order valence-electron chi connectivity index (χ0n) is 13.2. The van der Waals surface area contributed by atoms with Gasteiger partial charge in [0.05, 0.1) is 0 Å². The van der Waals surface area contributed by atoms with E-state index in [4.69, 9.17) is 0 Å². The smallest absolute Gasteiger partial charge is 0.126 e. The molecule has 0 saturated heterocycles. The van der Waals surface area contributed by atoms with Gasteiger partial charge in [0.1, 0.15) is 11.5 Å². The summed E-state index contributed by atoms with van der Waals surface area (Å²) in [5, 5.41) is 20.3. The molecule has 0 bridgehead atoms. The molecule has 0 aromatic heterocycles. The van der Waals surface area contributed by atoms with Gasteiger partial charge in [-0.1, -0.05) is 26.0 Å². The van der Waals surface area contributed by atoms with E-state index in [1.807, 2.05) is 65.8 Å². The summed E-state index contributed by atoms with van der Waals surface area (Å²) in [6, 6.07) is 7.66. The molecular formula is C18H24O2. The lowest BCUT2D eigenvalue weighted by atomic mass is 9.95. The van der Waals surface area contributed by atoms with Crippen molar-refractivity contribution in [2.45, 2.75) is 41.5 Å². The largest absolute Gasteiger partial charge is 0.507 e. The Balaban J connectivity index is 0.000000956. The van der Waals surface area contributed by atoms with Gasteiger partial charge in [0.2, 0.25) is 0 Å². The predicted molar refractivity (Wildman–Crippen MR) is 85.5 cm³/mol. The number of benzene rings is 2. The van der Waals surface area contributed by atoms with Gasteiger partial charge in [-0.15, -0.1) is 0 Å². The van der Waals surface area contributed by atoms with E-state index in [1.54, 1.807) is 0 Å². The first-order valence-corrected chi connectivity index (χ1v) is 7.01. The van der Waals surface area contributed by atoms with Crippen LogP contribution in [0.3, 0.4) is 0 Å². The molecule has 0 unspecified atom stereocenters. The molecule has 0 amide bonds. The van der Waals surface area contributed by atoms with Gasteiger partial charge in [0.15, 0.2) is 0 Å². The molecule has 0 atom stereocenters. The van der Waals surface area contributed by atoms with Crippen molar-refractivity contribution in [3.05, 3.63) is 46.5 Å². The number of rotatable bonds is 1. The molecule has 0 saturated carbocycles. The maximum Gasteiger partial charge on any atom is 0.126 e. The van der Waals surface area contributed by atoms with E-state index >= 15 is 0 Å². The third-order valence-electron chi connectivity index (χ3n) is 3.18. The van der Waals surface area contributed by atoms with E-state index in [0.29, 0.717) is 11.1 Å². The topological polar surface area (TPSA) is 40.5 Å². The zero-order chi connectivity index (χ0) is 15.4. The molecule has 0 spiro atoms. The fourth-order valence-electron chi connectivity index (χ4n) is 2.33. The summed E-state index contributed by atoms with van der Waals surface area (Å²) in [4.78, 5) is 0. The van der Waals surface area contributed by atoms with Crippen LogP contribution < -0.4 is 0 Å². The van der Waals surface area contributed by atoms with E-state index in [0.717, 1.165) is 22.3 Å². The minimum atomic E-state index is 0.237. The lowest BCUT2D eigenvalue weighted by Crippen LogP contribution is -1.89. The Bertz CT molecular complexity index is 558. The molecule has 108 valence electrons. The Morgan fingerprint density at radius 2 is 0.900 bits per heavy atom. The van der Waals surface area contributed by atoms with Crippen LogP contribution in [-0.4, -0.2) is 10.2 Å². The maximum absolute atomic E-state index is 10.2. The highest BCUT2D eigenvalue weighted by Crippen LogP contribution is 2.39. The summed E-state index contributed by atoms with van der Waals surface area (Å²) in [5.74, 6) is 0.474. The second kappa shape index (κ2) is 6.47. The molecule has 0 aliphatic rings. The molecule has 0 aliphatic heterocycles. The summed E-state index contributed by atoms with van der Waals surface area (Å²) in [7, 11) is 0. The van der Waals surface area contributed by atoms with Crippen molar-refractivity contribution in [2.75, 3.05) is 0 Å². The zero-order valence-corrected chi connectivity index (χ0v) is 13.2. The molecule has 2 aromatic carbocycles. The van der Waals surface area contributed by atoms with Gasteiger partial charge in [0.25, 0.3) is 0 Å². The first-order chi connectivity index (χ1) is 9.40. The molecule has 2 nitrogen and oxygen atoms in total. The number of hydrogen-bond donors (Lipinski definition) is 2. The Morgan fingerprint density at radius 1 is 0.600 bits per heavy atom. The summed E-state index contributed by atoms with van der Waals surface area (Å²) in [6.07, 6.45) is 0. The van der Waals surface area contributed by atoms with Crippen LogP contribution in [-0.2, 0) is 0 Å². The van der Waals surface area contributed by atoms with Gasteiger partial charge in [-0.05, 0) is 62.1 Å². The molecule has 0 fully saturated rings. The lowest BCUT2D eigenvalue weighted by molar-refractivity contribution is 0.465. The maximum atomic E-state index is 10.2. The molecule has 2 aromatic rings. The molecule has 2 rings (SSSR count). The first kappa shape index (κ1) is 16.1. The Morgan fingerprint density at radius 3 is 1.20 bits per heavy atom. The van der Waals surface area contributed by atoms with Crippen LogP contribution in [0.5, 0.6) is 11.5 Å². The third kappa shape index (κ3) is 3.13. The van der Waals surface area contributed by atoms with Crippen molar-refractivity contribution in [1.29, 1.82) is 0 Å². The molecule has 0 heterocycles. The third-order valence-corrected chi connectivity index (χ3v) is 3.18. The number of hydrogen-bond acceptors (Lipinski definition) is 2. The average molecular weight is 272 g/mol. The van der Waals surface area contributed by atoms with Gasteiger partial charge >= 0.3 is 0 Å². The highest BCUT2D eigenvalue weighted by molar-refractivity contribution is 5.78. The number of aromatic hydroxyl groups is 2. The summed E-state index contributed by atoms with van der Waals surface area (Å²) in [5.41, 5.74) is 5.17. The van der Waals surface area contributed by atoms with Crippen molar-refractivity contribution in [2.24, 2.45) is 0 Å². The van der Waals surface area contributed by atoms with Crippen molar-refractivity contribution in [1.82, 2.24) is 0 Å². The highest BCUT2D eigenvalue weighted by atomic mass is 16.3. The Labute approximate surface area is 121 Å². The fraction of sp³-hybridized carbons (Fsp3) is 0.333. The van der Waals surface area contributed by atoms with Gasteiger partial charge < -0.3 is 10.2 Å². The van der Waals surface area contributed by atoms with Gasteiger partial charge in [0, 0.05) is 11.1 Å². The van der Waals surface area contributed by atoms with Crippen LogP contribution in [0.15, 0.2) is 24.3 Å². The fourth-order valence-corrected chi connectivity index (χ4v) is 2.33. The second-order valence-corrected chi connectivity index (χ2v) is 4.96. The van der Waals surface area contributed by atoms with Crippen LogP contribution >= 0.6 is 0 Å². The van der Waals surface area contributed by atoms with Gasteiger partial charge in [-0.25, -0.2) is 0 Å². The van der Waals surface area contributed by atoms with Crippen molar-refractivity contribution in [3.8, 4) is 22.6 Å². The minimum absolute atomic E-state index is 0.237. The van der Waals surface area contributed by atoms with E-state index in [9.17, 15) is 10.2 Å². The first-order valence-electron chi connectivity index (χ1n) is 7.01. The average Bonchev–Trinajstić information content (AvgIpc) is 2.40. The quantitative estimate of drug-likeness (QED) is 0.764. The Hall–Kier alpha value is -1.96. The molecule has 2 heteroatoms. The normalized spacial score (nSPS) is 9.90. The van der Waals surface area contributed by atoms with Crippen LogP contribution in [0.1, 0.15) is 36.1 Å². The van der Waals surface area contributed by atoms with Crippen LogP contribution in [0, 0.1) is 27.7 Å². The summed E-state index contributed by atoms with van der Waals surface area (Å²) < 4.78 is 0. The highest BCUT2D eigenvalue weighted by Gasteiger charge is 2.13. The molecule has 0 aliphatic carbocycles. The lowest BCUT2D eigenvalue weighted by Gasteiger charge is -2.13. The van der Waals surface area contributed by atoms with Crippen LogP contribution in [0.2, 0.25) is 0 Å². The summed E-state index contributed by atoms with van der Waals surface area (Å²) >= 11 is 0. The SMILES string of the molecule is CC.Cc1cc(C)c(O)c(-c2cc(C)cc(C)c2O)c1. The molecule has 20 heavy (non-hydrogen) atoms. The summed E-state index contributed by atoms with van der Waals surface area (Å²) in [6.45, 7) is 11.7. The van der Waals surface area contributed by atoms with E-state index in [2.05, 4.69) is 0 Å². The van der Waals surface area contributed by atoms with Gasteiger partial charge in [-0.2, -0.15) is 0 Å². The molecular weight excluding hydrogens is 248 g/mol. The minimum Gasteiger partial charge on any atom is -0.507 e. The van der Waals surface area contributed by atoms with Crippen LogP contribution in [0.4, 0.5) is 0 Å². The Kier molecular flexibility index (Phi) is 5.20. The van der Waals surface area contributed by atoms with E-state index < -0.39 is 0 Å². The predicted octanol–water partition coefficient (Wildman–Crippen LogP) is 5.02. The number of aryl methyl sites for hydroxylation is 4. The van der Waals surface area contributed by atoms with Crippen molar-refractivity contribution in [3.63, 3.8) is 0 Å². The molecule has 2 N–H and O–H groups in total. The monoisotopic (exact) mass is 272 g/mol. The second-order valence-electron chi connectivity index (χ2n) is 4.96. The van der Waals surface area contributed by atoms with E-state index in [-0.39, 0.29) is 11.5 Å². The number of phenols is 2. The standard InChI is InChI=1S/C16H18O2.C2H6/c1-9-5-11(3)15(17)13(7-9)14-8-10(2)6-12(4)16(14)18;1-2/h5-8,17-18H,1-4H3;1-2H3. The van der Waals surface area contributed by atoms with Crippen LogP contribution in [0.25, 0.3) is 11.1 Å². The van der Waals surface area contributed by atoms with Gasteiger partial charge in [-0.3, -0.25) is 0 Å². The van der Waals surface area contributed by atoms with Crippen molar-refractivity contribution < 1.29 is 10.2 Å². The van der Waals surface area contributed by atoms with E-state index in [1.165, 1.54) is 0 Å². The molecule has 0 radical (unpaired) electrons.